The molecule has 0 radical (unpaired) electrons. The molecule has 0 spiro atoms. The van der Waals surface area contributed by atoms with Gasteiger partial charge in [-0.3, -0.25) is 9.58 Å². The molecule has 0 unspecified atom stereocenters. The Morgan fingerprint density at radius 3 is 2.57 bits per heavy atom. The van der Waals surface area contributed by atoms with E-state index < -0.39 is 0 Å². The number of nitrogens with zero attached hydrogens (tertiary/aromatic N) is 3. The van der Waals surface area contributed by atoms with E-state index in [2.05, 4.69) is 36.1 Å². The molecule has 1 N–H and O–H groups in total. The summed E-state index contributed by atoms with van der Waals surface area (Å²) in [5, 5.41) is 8.84. The molecule has 2 heterocycles. The van der Waals surface area contributed by atoms with Crippen LogP contribution in [0.5, 0.6) is 0 Å². The normalized spacial score (nSPS) is 17.1. The molecule has 4 nitrogen and oxygen atoms in total. The van der Waals surface area contributed by atoms with Crippen LogP contribution in [-0.4, -0.2) is 40.4 Å². The van der Waals surface area contributed by atoms with Crippen LogP contribution in [0.25, 0.3) is 0 Å². The molecule has 1 saturated heterocycles. The Kier molecular flexibility index (Phi) is 6.08. The fraction of sp³-hybridized carbons (Fsp3) is 0.812. The number of piperidine rings is 1. The number of nitrogens with one attached hydrogen (secondary N) is 1. The van der Waals surface area contributed by atoms with Crippen LogP contribution in [0.3, 0.4) is 0 Å². The number of hydrogen-bond acceptors (Lipinski definition) is 3. The fourth-order valence-corrected chi connectivity index (χ4v) is 3.39. The van der Waals surface area contributed by atoms with Crippen molar-refractivity contribution in [2.24, 2.45) is 13.0 Å². The Hall–Kier alpha value is -0.580. The molecule has 120 valence electrons. The van der Waals surface area contributed by atoms with Crippen molar-refractivity contribution in [2.75, 3.05) is 19.6 Å². The molecule has 5 heteroatoms. The standard InChI is InChI=1S/C16H29ClN4/c1-5-14-16(17)15(20(4)19-14)11-21(12(2)3)10-13-6-8-18-9-7-13/h12-13,18H,5-11H2,1-4H3. The van der Waals surface area contributed by atoms with Crippen molar-refractivity contribution in [3.63, 3.8) is 0 Å². The molecular weight excluding hydrogens is 284 g/mol. The van der Waals surface area contributed by atoms with Gasteiger partial charge in [0.05, 0.1) is 16.4 Å². The van der Waals surface area contributed by atoms with Crippen LogP contribution in [0.2, 0.25) is 5.02 Å². The van der Waals surface area contributed by atoms with E-state index >= 15 is 0 Å². The monoisotopic (exact) mass is 312 g/mol. The van der Waals surface area contributed by atoms with Gasteiger partial charge in [0, 0.05) is 26.2 Å². The molecule has 0 saturated carbocycles. The van der Waals surface area contributed by atoms with Crippen LogP contribution in [0.15, 0.2) is 0 Å². The van der Waals surface area contributed by atoms with E-state index in [-0.39, 0.29) is 0 Å². The van der Waals surface area contributed by atoms with Gasteiger partial charge in [-0.1, -0.05) is 18.5 Å². The van der Waals surface area contributed by atoms with Crippen molar-refractivity contribution in [3.8, 4) is 0 Å². The summed E-state index contributed by atoms with van der Waals surface area (Å²) < 4.78 is 1.96. The molecule has 0 aliphatic carbocycles. The molecule has 1 fully saturated rings. The highest BCUT2D eigenvalue weighted by Crippen LogP contribution is 2.24. The lowest BCUT2D eigenvalue weighted by Crippen LogP contribution is -2.39. The molecule has 1 aliphatic heterocycles. The second kappa shape index (κ2) is 7.61. The van der Waals surface area contributed by atoms with Gasteiger partial charge in [0.1, 0.15) is 0 Å². The molecule has 21 heavy (non-hydrogen) atoms. The molecule has 1 aromatic heterocycles. The quantitative estimate of drug-likeness (QED) is 0.877. The zero-order chi connectivity index (χ0) is 15.4. The average Bonchev–Trinajstić information content (AvgIpc) is 2.74. The minimum atomic E-state index is 0.524. The lowest BCUT2D eigenvalue weighted by Gasteiger charge is -2.32. The second-order valence-corrected chi connectivity index (χ2v) is 6.78. The van der Waals surface area contributed by atoms with Crippen molar-refractivity contribution in [3.05, 3.63) is 16.4 Å². The lowest BCUT2D eigenvalue weighted by molar-refractivity contribution is 0.158. The van der Waals surface area contributed by atoms with Crippen molar-refractivity contribution < 1.29 is 0 Å². The first-order valence-electron chi connectivity index (χ1n) is 8.17. The lowest BCUT2D eigenvalue weighted by atomic mass is 9.97. The molecule has 1 aromatic rings. The van der Waals surface area contributed by atoms with Crippen molar-refractivity contribution in [1.82, 2.24) is 20.0 Å². The Morgan fingerprint density at radius 2 is 2.05 bits per heavy atom. The second-order valence-electron chi connectivity index (χ2n) is 6.40. The number of rotatable bonds is 6. The van der Waals surface area contributed by atoms with Crippen molar-refractivity contribution in [1.29, 1.82) is 0 Å². The Labute approximate surface area is 133 Å². The zero-order valence-corrected chi connectivity index (χ0v) is 14.6. The van der Waals surface area contributed by atoms with E-state index in [1.807, 2.05) is 11.7 Å². The highest BCUT2D eigenvalue weighted by molar-refractivity contribution is 6.31. The number of hydrogen-bond donors (Lipinski definition) is 1. The summed E-state index contributed by atoms with van der Waals surface area (Å²) in [6.07, 6.45) is 3.45. The van der Waals surface area contributed by atoms with Gasteiger partial charge in [-0.25, -0.2) is 0 Å². The van der Waals surface area contributed by atoms with Crippen LogP contribution < -0.4 is 5.32 Å². The first-order valence-corrected chi connectivity index (χ1v) is 8.55. The zero-order valence-electron chi connectivity index (χ0n) is 13.8. The molecule has 2 rings (SSSR count). The van der Waals surface area contributed by atoms with Gasteiger partial charge in [0.25, 0.3) is 0 Å². The third-order valence-corrected chi connectivity index (χ3v) is 4.97. The minimum absolute atomic E-state index is 0.524. The summed E-state index contributed by atoms with van der Waals surface area (Å²) in [5.74, 6) is 0.797. The molecule has 0 aromatic carbocycles. The first-order chi connectivity index (χ1) is 10.0. The van der Waals surface area contributed by atoms with E-state index in [0.29, 0.717) is 6.04 Å². The van der Waals surface area contributed by atoms with E-state index in [1.54, 1.807) is 0 Å². The van der Waals surface area contributed by atoms with Crippen LogP contribution in [0.1, 0.15) is 45.0 Å². The maximum absolute atomic E-state index is 6.50. The topological polar surface area (TPSA) is 33.1 Å². The van der Waals surface area contributed by atoms with Crippen LogP contribution in [0.4, 0.5) is 0 Å². The van der Waals surface area contributed by atoms with Gasteiger partial charge in [-0.15, -0.1) is 0 Å². The molecule has 0 amide bonds. The van der Waals surface area contributed by atoms with Crippen molar-refractivity contribution >= 4 is 11.6 Å². The summed E-state index contributed by atoms with van der Waals surface area (Å²) >= 11 is 6.50. The fourth-order valence-electron chi connectivity index (χ4n) is 3.04. The number of aromatic nitrogens is 2. The van der Waals surface area contributed by atoms with Gasteiger partial charge in [-0.05, 0) is 52.1 Å². The highest BCUT2D eigenvalue weighted by Gasteiger charge is 2.22. The van der Waals surface area contributed by atoms with E-state index in [4.69, 9.17) is 11.6 Å². The predicted octanol–water partition coefficient (Wildman–Crippen LogP) is 2.85. The van der Waals surface area contributed by atoms with E-state index in [0.717, 1.165) is 54.9 Å². The molecule has 1 aliphatic rings. The number of halogens is 1. The van der Waals surface area contributed by atoms with Crippen molar-refractivity contribution in [2.45, 2.75) is 52.6 Å². The van der Waals surface area contributed by atoms with E-state index in [9.17, 15) is 0 Å². The molecule has 0 atom stereocenters. The van der Waals surface area contributed by atoms with Gasteiger partial charge in [-0.2, -0.15) is 5.10 Å². The molecular formula is C16H29ClN4. The largest absolute Gasteiger partial charge is 0.317 e. The third-order valence-electron chi connectivity index (χ3n) is 4.54. The summed E-state index contributed by atoms with van der Waals surface area (Å²) in [7, 11) is 2.00. The van der Waals surface area contributed by atoms with Gasteiger partial charge in [0.15, 0.2) is 0 Å². The minimum Gasteiger partial charge on any atom is -0.317 e. The van der Waals surface area contributed by atoms with Gasteiger partial charge in [0.2, 0.25) is 0 Å². The Bertz CT molecular complexity index is 449. The summed E-state index contributed by atoms with van der Waals surface area (Å²) in [6.45, 7) is 11.0. The van der Waals surface area contributed by atoms with Gasteiger partial charge < -0.3 is 5.32 Å². The van der Waals surface area contributed by atoms with Crippen LogP contribution in [-0.2, 0) is 20.0 Å². The Balaban J connectivity index is 2.07. The summed E-state index contributed by atoms with van der Waals surface area (Å²) in [4.78, 5) is 2.54. The van der Waals surface area contributed by atoms with Crippen LogP contribution >= 0.6 is 11.6 Å². The SMILES string of the molecule is CCc1nn(C)c(CN(CC2CCNCC2)C(C)C)c1Cl. The van der Waals surface area contributed by atoms with E-state index in [1.165, 1.54) is 12.8 Å². The maximum atomic E-state index is 6.50. The van der Waals surface area contributed by atoms with Crippen LogP contribution in [0, 0.1) is 5.92 Å². The average molecular weight is 313 g/mol. The Morgan fingerprint density at radius 1 is 1.38 bits per heavy atom. The summed E-state index contributed by atoms with van der Waals surface area (Å²) in [6, 6.07) is 0.524. The predicted molar refractivity (Wildman–Crippen MR) is 88.7 cm³/mol. The maximum Gasteiger partial charge on any atom is 0.0863 e. The summed E-state index contributed by atoms with van der Waals surface area (Å²) in [5.41, 5.74) is 2.16. The number of aryl methyl sites for hydroxylation is 2. The smallest absolute Gasteiger partial charge is 0.0863 e. The first kappa shape index (κ1) is 16.8. The highest BCUT2D eigenvalue weighted by atomic mass is 35.5. The van der Waals surface area contributed by atoms with Gasteiger partial charge >= 0.3 is 0 Å². The third kappa shape index (κ3) is 4.21. The molecule has 0 bridgehead atoms.